The Balaban J connectivity index is 1.27. The van der Waals surface area contributed by atoms with Gasteiger partial charge in [-0.2, -0.15) is 0 Å². The van der Waals surface area contributed by atoms with Crippen molar-refractivity contribution >= 4 is 6.03 Å². The molecule has 1 aromatic carbocycles. The van der Waals surface area contributed by atoms with Gasteiger partial charge < -0.3 is 15.0 Å². The zero-order chi connectivity index (χ0) is 18.9. The standard InChI is InChI=1S/C22H35N3O2/c1-24(13-5-9-21-10-6-16-27-21)22(26)23-17-19-11-14-25(15-12-19)18-20-7-3-2-4-8-20/h2-4,7-8,19,21H,5-6,9-18H2,1H3,(H,23,26). The van der Waals surface area contributed by atoms with E-state index in [9.17, 15) is 4.79 Å². The molecule has 1 aromatic rings. The second-order valence-corrected chi connectivity index (χ2v) is 8.09. The highest BCUT2D eigenvalue weighted by Crippen LogP contribution is 2.19. The van der Waals surface area contributed by atoms with E-state index >= 15 is 0 Å². The van der Waals surface area contributed by atoms with Crippen molar-refractivity contribution in [3.63, 3.8) is 0 Å². The molecule has 0 saturated carbocycles. The van der Waals surface area contributed by atoms with Gasteiger partial charge in [0.05, 0.1) is 6.10 Å². The lowest BCUT2D eigenvalue weighted by atomic mass is 9.96. The molecule has 3 rings (SSSR count). The highest BCUT2D eigenvalue weighted by Gasteiger charge is 2.21. The molecule has 2 heterocycles. The van der Waals surface area contributed by atoms with Crippen LogP contribution in [0.3, 0.4) is 0 Å². The molecule has 1 atom stereocenters. The number of nitrogens with one attached hydrogen (secondary N) is 1. The fourth-order valence-electron chi connectivity index (χ4n) is 4.09. The maximum absolute atomic E-state index is 12.3. The third-order valence-corrected chi connectivity index (χ3v) is 5.89. The molecule has 0 bridgehead atoms. The van der Waals surface area contributed by atoms with E-state index in [4.69, 9.17) is 4.74 Å². The minimum absolute atomic E-state index is 0.0639. The maximum atomic E-state index is 12.3. The van der Waals surface area contributed by atoms with Crippen molar-refractivity contribution in [2.24, 2.45) is 5.92 Å². The van der Waals surface area contributed by atoms with Crippen LogP contribution in [0.15, 0.2) is 30.3 Å². The van der Waals surface area contributed by atoms with E-state index in [1.165, 1.54) is 18.4 Å². The number of hydrogen-bond acceptors (Lipinski definition) is 3. The van der Waals surface area contributed by atoms with Crippen molar-refractivity contribution in [2.75, 3.05) is 39.8 Å². The summed E-state index contributed by atoms with van der Waals surface area (Å²) in [7, 11) is 1.90. The van der Waals surface area contributed by atoms with E-state index in [1.54, 1.807) is 0 Å². The van der Waals surface area contributed by atoms with Crippen LogP contribution in [0.5, 0.6) is 0 Å². The Morgan fingerprint density at radius 3 is 2.70 bits per heavy atom. The van der Waals surface area contributed by atoms with E-state index < -0.39 is 0 Å². The summed E-state index contributed by atoms with van der Waals surface area (Å²) in [4.78, 5) is 16.6. The van der Waals surface area contributed by atoms with E-state index in [2.05, 4.69) is 40.5 Å². The van der Waals surface area contributed by atoms with Crippen molar-refractivity contribution in [2.45, 2.75) is 51.2 Å². The Bertz CT molecular complexity index is 552. The van der Waals surface area contributed by atoms with Crippen LogP contribution in [0.1, 0.15) is 44.1 Å². The van der Waals surface area contributed by atoms with Gasteiger partial charge in [-0.25, -0.2) is 4.79 Å². The van der Waals surface area contributed by atoms with Crippen molar-refractivity contribution < 1.29 is 9.53 Å². The Labute approximate surface area is 164 Å². The quantitative estimate of drug-likeness (QED) is 0.759. The van der Waals surface area contributed by atoms with Crippen molar-refractivity contribution in [3.8, 4) is 0 Å². The first-order valence-corrected chi connectivity index (χ1v) is 10.6. The van der Waals surface area contributed by atoms with E-state index in [0.29, 0.717) is 12.0 Å². The summed E-state index contributed by atoms with van der Waals surface area (Å²) in [6.45, 7) is 5.78. The van der Waals surface area contributed by atoms with Gasteiger partial charge in [0, 0.05) is 33.3 Å². The Hall–Kier alpha value is -1.59. The number of ether oxygens (including phenoxy) is 1. The van der Waals surface area contributed by atoms with E-state index in [1.807, 2.05) is 11.9 Å². The number of rotatable bonds is 8. The Morgan fingerprint density at radius 2 is 2.00 bits per heavy atom. The van der Waals surface area contributed by atoms with Gasteiger partial charge in [-0.05, 0) is 63.1 Å². The minimum Gasteiger partial charge on any atom is -0.378 e. The molecule has 0 radical (unpaired) electrons. The fourth-order valence-corrected chi connectivity index (χ4v) is 4.09. The SMILES string of the molecule is CN(CCCC1CCCO1)C(=O)NCC1CCN(Cc2ccccc2)CC1. The Morgan fingerprint density at radius 1 is 1.22 bits per heavy atom. The number of carbonyl (C=O) groups excluding carboxylic acids is 1. The first kappa shape index (κ1) is 20.2. The second kappa shape index (κ2) is 10.7. The number of hydrogen-bond donors (Lipinski definition) is 1. The van der Waals surface area contributed by atoms with Gasteiger partial charge >= 0.3 is 6.03 Å². The van der Waals surface area contributed by atoms with Crippen molar-refractivity contribution in [1.82, 2.24) is 15.1 Å². The van der Waals surface area contributed by atoms with Gasteiger partial charge in [-0.3, -0.25) is 4.90 Å². The highest BCUT2D eigenvalue weighted by atomic mass is 16.5. The van der Waals surface area contributed by atoms with E-state index in [0.717, 1.165) is 65.0 Å². The first-order valence-electron chi connectivity index (χ1n) is 10.6. The van der Waals surface area contributed by atoms with Crippen molar-refractivity contribution in [1.29, 1.82) is 0 Å². The predicted molar refractivity (Wildman–Crippen MR) is 109 cm³/mol. The largest absolute Gasteiger partial charge is 0.378 e. The molecule has 2 fully saturated rings. The van der Waals surface area contributed by atoms with Crippen LogP contribution in [0.2, 0.25) is 0 Å². The number of carbonyl (C=O) groups is 1. The first-order chi connectivity index (χ1) is 13.2. The molecule has 2 saturated heterocycles. The summed E-state index contributed by atoms with van der Waals surface area (Å²) >= 11 is 0. The monoisotopic (exact) mass is 373 g/mol. The molecular weight excluding hydrogens is 338 g/mol. The number of amides is 2. The third kappa shape index (κ3) is 6.82. The molecule has 2 amide bonds. The van der Waals surface area contributed by atoms with Crippen LogP contribution in [0.4, 0.5) is 4.79 Å². The molecule has 5 nitrogen and oxygen atoms in total. The Kier molecular flexibility index (Phi) is 7.96. The average Bonchev–Trinajstić information content (AvgIpc) is 3.21. The van der Waals surface area contributed by atoms with Gasteiger partial charge in [0.25, 0.3) is 0 Å². The van der Waals surface area contributed by atoms with Gasteiger partial charge in [0.15, 0.2) is 0 Å². The minimum atomic E-state index is 0.0639. The van der Waals surface area contributed by atoms with Crippen LogP contribution >= 0.6 is 0 Å². The molecular formula is C22H35N3O2. The zero-order valence-electron chi connectivity index (χ0n) is 16.7. The summed E-state index contributed by atoms with van der Waals surface area (Å²) in [5.41, 5.74) is 1.38. The predicted octanol–water partition coefficient (Wildman–Crippen LogP) is 3.50. The van der Waals surface area contributed by atoms with Crippen LogP contribution in [-0.2, 0) is 11.3 Å². The molecule has 27 heavy (non-hydrogen) atoms. The number of likely N-dealkylation sites (tertiary alicyclic amines) is 1. The van der Waals surface area contributed by atoms with Crippen LogP contribution in [-0.4, -0.2) is 61.8 Å². The van der Waals surface area contributed by atoms with Gasteiger partial charge in [0.1, 0.15) is 0 Å². The maximum Gasteiger partial charge on any atom is 0.317 e. The van der Waals surface area contributed by atoms with Crippen LogP contribution in [0.25, 0.3) is 0 Å². The number of benzene rings is 1. The van der Waals surface area contributed by atoms with Gasteiger partial charge in [-0.15, -0.1) is 0 Å². The third-order valence-electron chi connectivity index (χ3n) is 5.89. The molecule has 0 aliphatic carbocycles. The summed E-state index contributed by atoms with van der Waals surface area (Å²) in [6.07, 6.45) is 7.20. The average molecular weight is 374 g/mol. The van der Waals surface area contributed by atoms with Crippen LogP contribution < -0.4 is 5.32 Å². The summed E-state index contributed by atoms with van der Waals surface area (Å²) < 4.78 is 5.65. The lowest BCUT2D eigenvalue weighted by Crippen LogP contribution is -2.42. The topological polar surface area (TPSA) is 44.8 Å². The van der Waals surface area contributed by atoms with Crippen LogP contribution in [0, 0.1) is 5.92 Å². The molecule has 1 unspecified atom stereocenters. The number of urea groups is 1. The smallest absolute Gasteiger partial charge is 0.317 e. The highest BCUT2D eigenvalue weighted by molar-refractivity contribution is 5.73. The molecule has 0 aromatic heterocycles. The fraction of sp³-hybridized carbons (Fsp3) is 0.682. The molecule has 150 valence electrons. The number of nitrogens with zero attached hydrogens (tertiary/aromatic N) is 2. The lowest BCUT2D eigenvalue weighted by Gasteiger charge is -2.32. The molecule has 5 heteroatoms. The summed E-state index contributed by atoms with van der Waals surface area (Å²) in [5.74, 6) is 0.598. The molecule has 2 aliphatic rings. The van der Waals surface area contributed by atoms with E-state index in [-0.39, 0.29) is 6.03 Å². The van der Waals surface area contributed by atoms with Gasteiger partial charge in [-0.1, -0.05) is 30.3 Å². The normalized spacial score (nSPS) is 21.3. The molecule has 0 spiro atoms. The lowest BCUT2D eigenvalue weighted by molar-refractivity contribution is 0.100. The van der Waals surface area contributed by atoms with Gasteiger partial charge in [0.2, 0.25) is 0 Å². The van der Waals surface area contributed by atoms with Crippen molar-refractivity contribution in [3.05, 3.63) is 35.9 Å². The zero-order valence-corrected chi connectivity index (χ0v) is 16.7. The summed E-state index contributed by atoms with van der Waals surface area (Å²) in [5, 5.41) is 3.13. The molecule has 2 aliphatic heterocycles. The number of piperidine rings is 1. The molecule has 1 N–H and O–H groups in total. The summed E-state index contributed by atoms with van der Waals surface area (Å²) in [6, 6.07) is 10.7. The second-order valence-electron chi connectivity index (χ2n) is 8.09.